The van der Waals surface area contributed by atoms with E-state index in [1.807, 2.05) is 0 Å². The van der Waals surface area contributed by atoms with Crippen molar-refractivity contribution in [2.24, 2.45) is 0 Å². The summed E-state index contributed by atoms with van der Waals surface area (Å²) in [5, 5.41) is 3.62. The van der Waals surface area contributed by atoms with Gasteiger partial charge in [-0.2, -0.15) is 0 Å². The van der Waals surface area contributed by atoms with Crippen LogP contribution in [0.1, 0.15) is 5.56 Å². The number of hydrogen-bond acceptors (Lipinski definition) is 5. The summed E-state index contributed by atoms with van der Waals surface area (Å²) in [6.45, 7) is 2.97. The molecule has 1 aromatic heterocycles. The van der Waals surface area contributed by atoms with E-state index in [1.165, 1.54) is 12.1 Å². The molecule has 0 radical (unpaired) electrons. The normalized spacial score (nSPS) is 11.3. The lowest BCUT2D eigenvalue weighted by Crippen LogP contribution is -2.14. The Morgan fingerprint density at radius 3 is 2.65 bits per heavy atom. The molecule has 0 bridgehead atoms. The van der Waals surface area contributed by atoms with E-state index < -0.39 is 10.0 Å². The molecule has 2 rings (SSSR count). The van der Waals surface area contributed by atoms with Gasteiger partial charge < -0.3 is 10.1 Å². The van der Waals surface area contributed by atoms with Crippen LogP contribution in [0, 0.1) is 6.92 Å². The molecule has 0 amide bonds. The standard InChI is InChI=1S/C15H18ClN3O3S/c1-11-9-13(4-5-14(11)16)23(20,21)19-15-6-3-12(10-18-15)17-7-8-22-2/h3-6,9-10,17H,7-8H2,1-2H3,(H,18,19). The average Bonchev–Trinajstić information content (AvgIpc) is 2.51. The molecule has 23 heavy (non-hydrogen) atoms. The van der Waals surface area contributed by atoms with Gasteiger partial charge in [0.15, 0.2) is 0 Å². The smallest absolute Gasteiger partial charge is 0.263 e. The molecule has 0 spiro atoms. The molecular formula is C15H18ClN3O3S. The Bertz CT molecular complexity index is 764. The Labute approximate surface area is 140 Å². The summed E-state index contributed by atoms with van der Waals surface area (Å²) in [7, 11) is -2.08. The van der Waals surface area contributed by atoms with Crippen molar-refractivity contribution in [3.05, 3.63) is 47.1 Å². The number of nitrogens with one attached hydrogen (secondary N) is 2. The Balaban J connectivity index is 2.09. The number of methoxy groups -OCH3 is 1. The Kier molecular flexibility index (Phi) is 5.81. The third-order valence-corrected chi connectivity index (χ3v) is 4.85. The van der Waals surface area contributed by atoms with Crippen LogP contribution in [-0.2, 0) is 14.8 Å². The number of sulfonamides is 1. The minimum atomic E-state index is -3.70. The molecule has 0 saturated carbocycles. The quantitative estimate of drug-likeness (QED) is 0.746. The zero-order valence-corrected chi connectivity index (χ0v) is 14.4. The van der Waals surface area contributed by atoms with Crippen molar-refractivity contribution < 1.29 is 13.2 Å². The third kappa shape index (κ3) is 4.82. The first-order valence-electron chi connectivity index (χ1n) is 6.90. The van der Waals surface area contributed by atoms with Crippen LogP contribution in [-0.4, -0.2) is 33.7 Å². The number of nitrogens with zero attached hydrogens (tertiary/aromatic N) is 1. The molecule has 1 aromatic carbocycles. The highest BCUT2D eigenvalue weighted by Crippen LogP contribution is 2.21. The monoisotopic (exact) mass is 355 g/mol. The van der Waals surface area contributed by atoms with Crippen LogP contribution in [0.4, 0.5) is 11.5 Å². The number of aromatic nitrogens is 1. The fourth-order valence-corrected chi connectivity index (χ4v) is 3.05. The van der Waals surface area contributed by atoms with Gasteiger partial charge in [0.25, 0.3) is 10.0 Å². The first-order valence-corrected chi connectivity index (χ1v) is 8.76. The molecule has 0 unspecified atom stereocenters. The molecule has 0 aliphatic heterocycles. The van der Waals surface area contributed by atoms with Crippen LogP contribution in [0.25, 0.3) is 0 Å². The summed E-state index contributed by atoms with van der Waals surface area (Å²) in [6, 6.07) is 7.87. The lowest BCUT2D eigenvalue weighted by molar-refractivity contribution is 0.211. The molecule has 124 valence electrons. The molecular weight excluding hydrogens is 338 g/mol. The maximum Gasteiger partial charge on any atom is 0.263 e. The summed E-state index contributed by atoms with van der Waals surface area (Å²) in [5.41, 5.74) is 1.48. The van der Waals surface area contributed by atoms with Crippen LogP contribution in [0.5, 0.6) is 0 Å². The molecule has 2 N–H and O–H groups in total. The number of aryl methyl sites for hydroxylation is 1. The van der Waals surface area contributed by atoms with E-state index in [4.69, 9.17) is 16.3 Å². The van der Waals surface area contributed by atoms with Gasteiger partial charge in [-0.05, 0) is 42.8 Å². The first kappa shape index (κ1) is 17.5. The van der Waals surface area contributed by atoms with Gasteiger partial charge in [0.1, 0.15) is 5.82 Å². The van der Waals surface area contributed by atoms with Gasteiger partial charge in [0.05, 0.1) is 23.4 Å². The maximum absolute atomic E-state index is 12.3. The van der Waals surface area contributed by atoms with Gasteiger partial charge in [0.2, 0.25) is 0 Å². The van der Waals surface area contributed by atoms with Crippen LogP contribution in [0.3, 0.4) is 0 Å². The zero-order chi connectivity index (χ0) is 16.9. The van der Waals surface area contributed by atoms with E-state index in [0.29, 0.717) is 23.7 Å². The maximum atomic E-state index is 12.3. The average molecular weight is 356 g/mol. The SMILES string of the molecule is COCCNc1ccc(NS(=O)(=O)c2ccc(Cl)c(C)c2)nc1. The van der Waals surface area contributed by atoms with E-state index in [9.17, 15) is 8.42 Å². The van der Waals surface area contributed by atoms with Gasteiger partial charge in [-0.25, -0.2) is 13.4 Å². The molecule has 6 nitrogen and oxygen atoms in total. The van der Waals surface area contributed by atoms with Crippen molar-refractivity contribution in [2.75, 3.05) is 30.3 Å². The predicted molar refractivity (Wildman–Crippen MR) is 91.6 cm³/mol. The molecule has 0 aliphatic rings. The van der Waals surface area contributed by atoms with E-state index in [0.717, 1.165) is 5.69 Å². The zero-order valence-electron chi connectivity index (χ0n) is 12.8. The van der Waals surface area contributed by atoms with Crippen molar-refractivity contribution >= 4 is 33.1 Å². The minimum Gasteiger partial charge on any atom is -0.383 e. The molecule has 0 atom stereocenters. The summed E-state index contributed by atoms with van der Waals surface area (Å²) in [5.74, 6) is 0.245. The molecule has 1 heterocycles. The number of rotatable bonds is 7. The number of benzene rings is 1. The highest BCUT2D eigenvalue weighted by molar-refractivity contribution is 7.92. The minimum absolute atomic E-state index is 0.142. The van der Waals surface area contributed by atoms with E-state index in [2.05, 4.69) is 15.0 Å². The van der Waals surface area contributed by atoms with Gasteiger partial charge in [-0.15, -0.1) is 0 Å². The topological polar surface area (TPSA) is 80.3 Å². The molecule has 0 fully saturated rings. The van der Waals surface area contributed by atoms with Crippen molar-refractivity contribution in [3.63, 3.8) is 0 Å². The van der Waals surface area contributed by atoms with E-state index in [1.54, 1.807) is 38.4 Å². The molecule has 0 saturated heterocycles. The third-order valence-electron chi connectivity index (χ3n) is 3.08. The largest absolute Gasteiger partial charge is 0.383 e. The van der Waals surface area contributed by atoms with E-state index in [-0.39, 0.29) is 10.7 Å². The van der Waals surface area contributed by atoms with Crippen molar-refractivity contribution in [1.82, 2.24) is 4.98 Å². The number of anilines is 2. The predicted octanol–water partition coefficient (Wildman–Crippen LogP) is 2.90. The van der Waals surface area contributed by atoms with Crippen LogP contribution >= 0.6 is 11.6 Å². The Hall–Kier alpha value is -1.83. The first-order chi connectivity index (χ1) is 10.9. The van der Waals surface area contributed by atoms with Crippen molar-refractivity contribution in [3.8, 4) is 0 Å². The number of ether oxygens (including phenoxy) is 1. The lowest BCUT2D eigenvalue weighted by Gasteiger charge is -2.10. The lowest BCUT2D eigenvalue weighted by atomic mass is 10.2. The van der Waals surface area contributed by atoms with Crippen LogP contribution in [0.15, 0.2) is 41.4 Å². The van der Waals surface area contributed by atoms with Crippen LogP contribution < -0.4 is 10.0 Å². The van der Waals surface area contributed by atoms with E-state index >= 15 is 0 Å². The second-order valence-electron chi connectivity index (χ2n) is 4.87. The van der Waals surface area contributed by atoms with Gasteiger partial charge >= 0.3 is 0 Å². The molecule has 8 heteroatoms. The highest BCUT2D eigenvalue weighted by atomic mass is 35.5. The number of halogens is 1. The Morgan fingerprint density at radius 1 is 1.26 bits per heavy atom. The highest BCUT2D eigenvalue weighted by Gasteiger charge is 2.15. The Morgan fingerprint density at radius 2 is 2.04 bits per heavy atom. The second-order valence-corrected chi connectivity index (χ2v) is 6.96. The fourth-order valence-electron chi connectivity index (χ4n) is 1.84. The van der Waals surface area contributed by atoms with Gasteiger partial charge in [0, 0.05) is 18.7 Å². The summed E-state index contributed by atoms with van der Waals surface area (Å²) >= 11 is 5.92. The molecule has 0 aliphatic carbocycles. The molecule has 2 aromatic rings. The van der Waals surface area contributed by atoms with Crippen molar-refractivity contribution in [2.45, 2.75) is 11.8 Å². The van der Waals surface area contributed by atoms with Gasteiger partial charge in [-0.3, -0.25) is 4.72 Å². The number of pyridine rings is 1. The van der Waals surface area contributed by atoms with Gasteiger partial charge in [-0.1, -0.05) is 11.6 Å². The summed E-state index contributed by atoms with van der Waals surface area (Å²) < 4.78 is 32.0. The second kappa shape index (κ2) is 7.63. The summed E-state index contributed by atoms with van der Waals surface area (Å²) in [4.78, 5) is 4.23. The summed E-state index contributed by atoms with van der Waals surface area (Å²) in [6.07, 6.45) is 1.56. The van der Waals surface area contributed by atoms with Crippen LogP contribution in [0.2, 0.25) is 5.02 Å². The number of hydrogen-bond donors (Lipinski definition) is 2. The van der Waals surface area contributed by atoms with Crippen molar-refractivity contribution in [1.29, 1.82) is 0 Å². The fraction of sp³-hybridized carbons (Fsp3) is 0.267.